The molecule has 4 aliphatic heterocycles. The number of methoxy groups -OCH3 is 1. The average molecular weight is 449 g/mol. The number of carbonyl (C=O) groups excluding carboxylic acids is 1. The second kappa shape index (κ2) is 8.57. The van der Waals surface area contributed by atoms with E-state index >= 15 is 0 Å². The van der Waals surface area contributed by atoms with E-state index in [1.807, 2.05) is 4.90 Å². The fourth-order valence-corrected chi connectivity index (χ4v) is 6.40. The van der Waals surface area contributed by atoms with Crippen molar-refractivity contribution >= 4 is 6.09 Å². The molecule has 0 aromatic rings. The molecule has 0 bridgehead atoms. The molecular weight excluding hydrogens is 408 g/mol. The van der Waals surface area contributed by atoms with Crippen LogP contribution in [-0.2, 0) is 18.9 Å². The molecule has 1 spiro atoms. The van der Waals surface area contributed by atoms with Crippen LogP contribution in [0.15, 0.2) is 11.6 Å². The Labute approximate surface area is 192 Å². The summed E-state index contributed by atoms with van der Waals surface area (Å²) in [5, 5.41) is 0. The Kier molecular flexibility index (Phi) is 6.06. The first-order valence-electron chi connectivity index (χ1n) is 12.5. The number of hydrogen-bond acceptors (Lipinski definition) is 6. The number of hydrogen-bond donors (Lipinski definition) is 0. The van der Waals surface area contributed by atoms with Gasteiger partial charge >= 0.3 is 6.09 Å². The van der Waals surface area contributed by atoms with Crippen molar-refractivity contribution in [2.75, 3.05) is 39.9 Å². The predicted octanol–water partition coefficient (Wildman–Crippen LogP) is 3.37. The summed E-state index contributed by atoms with van der Waals surface area (Å²) >= 11 is 0. The molecule has 0 aromatic carbocycles. The molecule has 4 saturated heterocycles. The summed E-state index contributed by atoms with van der Waals surface area (Å²) in [6, 6.07) is 0.289. The third kappa shape index (κ3) is 4.10. The van der Waals surface area contributed by atoms with E-state index in [1.54, 1.807) is 7.11 Å². The third-order valence-electron chi connectivity index (χ3n) is 8.54. The normalized spacial score (nSPS) is 43.1. The second-order valence-electron chi connectivity index (χ2n) is 10.9. The van der Waals surface area contributed by atoms with Crippen LogP contribution in [0.1, 0.15) is 59.3 Å². The molecule has 1 saturated carbocycles. The maximum absolute atomic E-state index is 13.1. The summed E-state index contributed by atoms with van der Waals surface area (Å²) in [6.45, 7) is 11.2. The largest absolute Gasteiger partial charge is 0.443 e. The van der Waals surface area contributed by atoms with Crippen LogP contribution in [0.3, 0.4) is 0 Å². The van der Waals surface area contributed by atoms with Crippen LogP contribution < -0.4 is 0 Å². The Bertz CT molecular complexity index is 743. The molecule has 7 heteroatoms. The van der Waals surface area contributed by atoms with Crippen molar-refractivity contribution in [2.24, 2.45) is 5.92 Å². The standard InChI is InChI=1S/C25H40N2O5/c1-17(2)7-8-20-24(3,32-20)22-21(29-4)19(9-11-25(22)16-30-25)31-23(28)27-14-10-18(27)15-26-12-5-6-13-26/h7,18-22H,5-6,8-16H2,1-4H3/t18-,19+,20+,21+,22?,24-,25-/m0/s1. The Balaban J connectivity index is 1.24. The smallest absolute Gasteiger partial charge is 0.410 e. The van der Waals surface area contributed by atoms with E-state index in [2.05, 4.69) is 31.7 Å². The Hall–Kier alpha value is -1.15. The summed E-state index contributed by atoms with van der Waals surface area (Å²) in [6.07, 6.45) is 7.94. The summed E-state index contributed by atoms with van der Waals surface area (Å²) in [4.78, 5) is 17.5. The fraction of sp³-hybridized carbons (Fsp3) is 0.880. The quantitative estimate of drug-likeness (QED) is 0.439. The summed E-state index contributed by atoms with van der Waals surface area (Å²) in [7, 11) is 1.73. The molecule has 5 fully saturated rings. The highest BCUT2D eigenvalue weighted by Crippen LogP contribution is 2.59. The lowest BCUT2D eigenvalue weighted by atomic mass is 9.68. The van der Waals surface area contributed by atoms with Gasteiger partial charge in [-0.25, -0.2) is 4.79 Å². The van der Waals surface area contributed by atoms with Crippen LogP contribution in [0.4, 0.5) is 4.79 Å². The number of ether oxygens (including phenoxy) is 4. The lowest BCUT2D eigenvalue weighted by molar-refractivity contribution is -0.125. The molecule has 7 atom stereocenters. The number of rotatable bonds is 7. The van der Waals surface area contributed by atoms with Crippen LogP contribution in [0.2, 0.25) is 0 Å². The number of carbonyl (C=O) groups is 1. The molecule has 0 radical (unpaired) electrons. The maximum atomic E-state index is 13.1. The van der Waals surface area contributed by atoms with Gasteiger partial charge in [0.1, 0.15) is 23.4 Å². The zero-order chi connectivity index (χ0) is 22.5. The van der Waals surface area contributed by atoms with Gasteiger partial charge in [0.05, 0.1) is 18.6 Å². The van der Waals surface area contributed by atoms with Crippen LogP contribution in [0.5, 0.6) is 0 Å². The molecule has 4 heterocycles. The van der Waals surface area contributed by atoms with Crippen molar-refractivity contribution in [1.82, 2.24) is 9.80 Å². The SMILES string of the molecule is CO[C@H]1C([C@@]2(C)O[C@@H]2CC=C(C)C)[C@]2(CC[C@H]1OC(=O)N1CC[C@H]1CN1CCCC1)CO2. The number of nitrogens with zero attached hydrogens (tertiary/aromatic N) is 2. The molecule has 5 rings (SSSR count). The van der Waals surface area contributed by atoms with Gasteiger partial charge in [0.2, 0.25) is 0 Å². The van der Waals surface area contributed by atoms with Gasteiger partial charge in [-0.2, -0.15) is 0 Å². The van der Waals surface area contributed by atoms with Crippen molar-refractivity contribution in [3.63, 3.8) is 0 Å². The molecule has 180 valence electrons. The van der Waals surface area contributed by atoms with Gasteiger partial charge in [0, 0.05) is 26.2 Å². The Morgan fingerprint density at radius 1 is 1.19 bits per heavy atom. The summed E-state index contributed by atoms with van der Waals surface area (Å²) < 4.78 is 24.4. The highest BCUT2D eigenvalue weighted by molar-refractivity contribution is 5.69. The van der Waals surface area contributed by atoms with Crippen molar-refractivity contribution in [3.8, 4) is 0 Å². The molecule has 5 aliphatic rings. The van der Waals surface area contributed by atoms with E-state index in [1.165, 1.54) is 18.4 Å². The zero-order valence-electron chi connectivity index (χ0n) is 20.2. The lowest BCUT2D eigenvalue weighted by Gasteiger charge is -2.45. The second-order valence-corrected chi connectivity index (χ2v) is 10.9. The molecule has 7 nitrogen and oxygen atoms in total. The third-order valence-corrected chi connectivity index (χ3v) is 8.54. The van der Waals surface area contributed by atoms with E-state index in [0.717, 1.165) is 58.5 Å². The molecule has 1 amide bonds. The highest BCUT2D eigenvalue weighted by Gasteiger charge is 2.72. The monoisotopic (exact) mass is 448 g/mol. The topological polar surface area (TPSA) is 67.1 Å². The Morgan fingerprint density at radius 3 is 2.53 bits per heavy atom. The van der Waals surface area contributed by atoms with E-state index in [4.69, 9.17) is 18.9 Å². The molecule has 0 aromatic heterocycles. The minimum Gasteiger partial charge on any atom is -0.443 e. The minimum absolute atomic E-state index is 0.0684. The summed E-state index contributed by atoms with van der Waals surface area (Å²) in [5.74, 6) is 0.0684. The van der Waals surface area contributed by atoms with Crippen molar-refractivity contribution in [2.45, 2.75) is 94.9 Å². The van der Waals surface area contributed by atoms with Crippen LogP contribution in [0.25, 0.3) is 0 Å². The first-order chi connectivity index (χ1) is 15.4. The van der Waals surface area contributed by atoms with E-state index in [0.29, 0.717) is 0 Å². The molecular formula is C25H40N2O5. The van der Waals surface area contributed by atoms with E-state index in [9.17, 15) is 4.79 Å². The maximum Gasteiger partial charge on any atom is 0.410 e. The number of allylic oxidation sites excluding steroid dienone is 1. The van der Waals surface area contributed by atoms with Gasteiger partial charge < -0.3 is 28.7 Å². The van der Waals surface area contributed by atoms with Gasteiger partial charge in [-0.3, -0.25) is 0 Å². The Morgan fingerprint density at radius 2 is 1.94 bits per heavy atom. The van der Waals surface area contributed by atoms with Gasteiger partial charge in [0.25, 0.3) is 0 Å². The molecule has 1 aliphatic carbocycles. The van der Waals surface area contributed by atoms with Crippen molar-refractivity contribution in [1.29, 1.82) is 0 Å². The van der Waals surface area contributed by atoms with Gasteiger partial charge in [-0.05, 0) is 72.4 Å². The van der Waals surface area contributed by atoms with Gasteiger partial charge in [-0.15, -0.1) is 0 Å². The first kappa shape index (κ1) is 22.6. The predicted molar refractivity (Wildman–Crippen MR) is 121 cm³/mol. The first-order valence-corrected chi connectivity index (χ1v) is 12.5. The molecule has 0 N–H and O–H groups in total. The molecule has 32 heavy (non-hydrogen) atoms. The number of amides is 1. The van der Waals surface area contributed by atoms with Crippen LogP contribution >= 0.6 is 0 Å². The number of epoxide rings is 2. The van der Waals surface area contributed by atoms with E-state index in [-0.39, 0.29) is 47.6 Å². The molecule has 1 unspecified atom stereocenters. The lowest BCUT2D eigenvalue weighted by Crippen LogP contribution is -2.59. The average Bonchev–Trinajstić information content (AvgIpc) is 3.57. The van der Waals surface area contributed by atoms with Crippen molar-refractivity contribution in [3.05, 3.63) is 11.6 Å². The fourth-order valence-electron chi connectivity index (χ4n) is 6.40. The minimum atomic E-state index is -0.302. The van der Waals surface area contributed by atoms with Crippen molar-refractivity contribution < 1.29 is 23.7 Å². The van der Waals surface area contributed by atoms with Gasteiger partial charge in [0.15, 0.2) is 0 Å². The summed E-state index contributed by atoms with van der Waals surface area (Å²) in [5.41, 5.74) is 0.813. The zero-order valence-corrected chi connectivity index (χ0v) is 20.2. The van der Waals surface area contributed by atoms with E-state index < -0.39 is 0 Å². The highest BCUT2D eigenvalue weighted by atomic mass is 16.6. The van der Waals surface area contributed by atoms with Crippen LogP contribution in [-0.4, -0.2) is 91.3 Å². The van der Waals surface area contributed by atoms with Crippen LogP contribution in [0, 0.1) is 5.92 Å². The number of likely N-dealkylation sites (tertiary alicyclic amines) is 2. The van der Waals surface area contributed by atoms with Gasteiger partial charge in [-0.1, -0.05) is 11.6 Å².